The molecule has 0 spiro atoms. The van der Waals surface area contributed by atoms with Crippen LogP contribution in [0.4, 0.5) is 26.3 Å². The molecule has 0 aliphatic carbocycles. The van der Waals surface area contributed by atoms with E-state index in [1.165, 1.54) is 18.2 Å². The molecule has 1 aromatic heterocycles. The Morgan fingerprint density at radius 1 is 1.11 bits per heavy atom. The molecule has 2 aliphatic rings. The molecule has 0 bridgehead atoms. The molecule has 2 aromatic rings. The predicted molar refractivity (Wildman–Crippen MR) is 117 cm³/mol. The minimum atomic E-state index is -5.44. The van der Waals surface area contributed by atoms with Crippen molar-refractivity contribution in [1.29, 1.82) is 0 Å². The van der Waals surface area contributed by atoms with Crippen molar-refractivity contribution in [3.05, 3.63) is 23.9 Å². The molecule has 0 unspecified atom stereocenters. The lowest BCUT2D eigenvalue weighted by Crippen LogP contribution is -2.42. The first-order valence-corrected chi connectivity index (χ1v) is 11.7. The lowest BCUT2D eigenvalue weighted by Gasteiger charge is -2.27. The van der Waals surface area contributed by atoms with Gasteiger partial charge in [-0.15, -0.1) is 0 Å². The Morgan fingerprint density at radius 3 is 2.46 bits per heavy atom. The second kappa shape index (κ2) is 10.8. The summed E-state index contributed by atoms with van der Waals surface area (Å²) in [6, 6.07) is 3.76. The van der Waals surface area contributed by atoms with Crippen molar-refractivity contribution in [2.24, 2.45) is 5.92 Å². The standard InChI is InChI=1S/C23H25F6N3O5/c24-22(25,26)13-32-17-4-3-15(36-12-14-2-1-5-30-11-14)10-16(17)19(37-21(34)23(27,28)29)18(32)20(33)31-6-8-35-9-7-31/h3-4,10,14,30H,1-2,5-9,11-13H2/t14-/m0/s1. The summed E-state index contributed by atoms with van der Waals surface area (Å²) >= 11 is 0. The summed E-state index contributed by atoms with van der Waals surface area (Å²) in [7, 11) is 0. The zero-order chi connectivity index (χ0) is 26.8. The van der Waals surface area contributed by atoms with Crippen LogP contribution in [0.1, 0.15) is 23.3 Å². The van der Waals surface area contributed by atoms with E-state index in [1.54, 1.807) is 0 Å². The molecular weight excluding hydrogens is 512 g/mol. The second-order valence-corrected chi connectivity index (χ2v) is 8.87. The number of aromatic nitrogens is 1. The van der Waals surface area contributed by atoms with Gasteiger partial charge in [-0.25, -0.2) is 4.79 Å². The number of carbonyl (C=O) groups excluding carboxylic acids is 2. The summed E-state index contributed by atoms with van der Waals surface area (Å²) in [5.74, 6) is -4.25. The van der Waals surface area contributed by atoms with Gasteiger partial charge in [0.2, 0.25) is 0 Å². The summed E-state index contributed by atoms with van der Waals surface area (Å²) in [5, 5.41) is 2.94. The number of carbonyl (C=O) groups is 2. The first-order chi connectivity index (χ1) is 17.4. The summed E-state index contributed by atoms with van der Waals surface area (Å²) in [5.41, 5.74) is -1.04. The van der Waals surface area contributed by atoms with Crippen LogP contribution in [0.25, 0.3) is 10.9 Å². The van der Waals surface area contributed by atoms with Crippen molar-refractivity contribution in [2.75, 3.05) is 46.0 Å². The van der Waals surface area contributed by atoms with Gasteiger partial charge in [-0.2, -0.15) is 26.3 Å². The number of morpholine rings is 1. The van der Waals surface area contributed by atoms with Crippen molar-refractivity contribution < 1.29 is 50.1 Å². The van der Waals surface area contributed by atoms with Gasteiger partial charge >= 0.3 is 18.3 Å². The highest BCUT2D eigenvalue weighted by atomic mass is 19.4. The minimum absolute atomic E-state index is 0.00280. The number of hydrogen-bond acceptors (Lipinski definition) is 6. The molecule has 8 nitrogen and oxygen atoms in total. The smallest absolute Gasteiger partial charge is 0.491 e. The van der Waals surface area contributed by atoms with Gasteiger partial charge < -0.3 is 29.0 Å². The van der Waals surface area contributed by atoms with E-state index >= 15 is 0 Å². The number of fused-ring (bicyclic) bond motifs is 1. The molecule has 3 heterocycles. The van der Waals surface area contributed by atoms with E-state index in [4.69, 9.17) is 9.47 Å². The zero-order valence-electron chi connectivity index (χ0n) is 19.6. The van der Waals surface area contributed by atoms with E-state index in [-0.39, 0.29) is 55.5 Å². The van der Waals surface area contributed by atoms with Crippen molar-refractivity contribution in [3.8, 4) is 11.5 Å². The molecular formula is C23H25F6N3O5. The van der Waals surface area contributed by atoms with Crippen LogP contribution in [0, 0.1) is 5.92 Å². The Hall–Kier alpha value is -3.00. The third-order valence-corrected chi connectivity index (χ3v) is 6.14. The lowest BCUT2D eigenvalue weighted by atomic mass is 10.0. The van der Waals surface area contributed by atoms with Gasteiger partial charge in [0.05, 0.1) is 25.3 Å². The maximum absolute atomic E-state index is 13.5. The maximum atomic E-state index is 13.5. The average molecular weight is 537 g/mol. The number of piperidine rings is 1. The minimum Gasteiger partial charge on any atom is -0.493 e. The van der Waals surface area contributed by atoms with Crippen LogP contribution >= 0.6 is 0 Å². The largest absolute Gasteiger partial charge is 0.493 e. The fraction of sp³-hybridized carbons (Fsp3) is 0.565. The number of rotatable bonds is 6. The van der Waals surface area contributed by atoms with Gasteiger partial charge in [-0.1, -0.05) is 0 Å². The van der Waals surface area contributed by atoms with Crippen molar-refractivity contribution in [1.82, 2.24) is 14.8 Å². The van der Waals surface area contributed by atoms with Crippen LogP contribution in [-0.2, 0) is 16.1 Å². The Kier molecular flexibility index (Phi) is 7.88. The topological polar surface area (TPSA) is 82.0 Å². The molecule has 2 saturated heterocycles. The third-order valence-electron chi connectivity index (χ3n) is 6.14. The maximum Gasteiger partial charge on any atom is 0.491 e. The van der Waals surface area contributed by atoms with Crippen molar-refractivity contribution in [3.63, 3.8) is 0 Å². The Morgan fingerprint density at radius 2 is 1.84 bits per heavy atom. The highest BCUT2D eigenvalue weighted by Crippen LogP contribution is 2.39. The number of esters is 1. The predicted octanol–water partition coefficient (Wildman–Crippen LogP) is 3.52. The van der Waals surface area contributed by atoms with Crippen LogP contribution < -0.4 is 14.8 Å². The molecule has 14 heteroatoms. The number of halogens is 6. The third kappa shape index (κ3) is 6.47. The van der Waals surface area contributed by atoms with Gasteiger partial charge in [-0.3, -0.25) is 4.79 Å². The number of alkyl halides is 6. The number of nitrogens with one attached hydrogen (secondary N) is 1. The molecule has 1 aromatic carbocycles. The van der Waals surface area contributed by atoms with Gasteiger partial charge in [0.15, 0.2) is 11.4 Å². The average Bonchev–Trinajstić information content (AvgIpc) is 3.13. The fourth-order valence-electron chi connectivity index (χ4n) is 4.40. The number of ether oxygens (including phenoxy) is 3. The first kappa shape index (κ1) is 27.0. The van der Waals surface area contributed by atoms with Gasteiger partial charge in [0, 0.05) is 30.9 Å². The second-order valence-electron chi connectivity index (χ2n) is 8.87. The normalized spacial score (nSPS) is 19.2. The summed E-state index contributed by atoms with van der Waals surface area (Å²) in [6.45, 7) is 0.352. The molecule has 1 atom stereocenters. The number of hydrogen-bond donors (Lipinski definition) is 1. The highest BCUT2D eigenvalue weighted by Gasteiger charge is 2.44. The first-order valence-electron chi connectivity index (χ1n) is 11.7. The molecule has 2 aliphatic heterocycles. The molecule has 0 radical (unpaired) electrons. The van der Waals surface area contributed by atoms with Crippen LogP contribution in [-0.4, -0.2) is 79.7 Å². The van der Waals surface area contributed by atoms with Crippen LogP contribution in [0.15, 0.2) is 18.2 Å². The summed E-state index contributed by atoms with van der Waals surface area (Å²) < 4.78 is 95.9. The van der Waals surface area contributed by atoms with Gasteiger partial charge in [0.25, 0.3) is 5.91 Å². The van der Waals surface area contributed by atoms with E-state index in [2.05, 4.69) is 10.1 Å². The van der Waals surface area contributed by atoms with E-state index in [0.717, 1.165) is 24.3 Å². The quantitative estimate of drug-likeness (QED) is 0.449. The number of benzene rings is 1. The molecule has 0 saturated carbocycles. The monoisotopic (exact) mass is 537 g/mol. The zero-order valence-corrected chi connectivity index (χ0v) is 19.6. The number of nitrogens with zero attached hydrogens (tertiary/aromatic N) is 2. The summed E-state index contributed by atoms with van der Waals surface area (Å²) in [4.78, 5) is 26.2. The van der Waals surface area contributed by atoms with E-state index in [9.17, 15) is 35.9 Å². The van der Waals surface area contributed by atoms with Crippen LogP contribution in [0.5, 0.6) is 11.5 Å². The fourth-order valence-corrected chi connectivity index (χ4v) is 4.40. The van der Waals surface area contributed by atoms with Crippen LogP contribution in [0.3, 0.4) is 0 Å². The van der Waals surface area contributed by atoms with Crippen molar-refractivity contribution in [2.45, 2.75) is 31.7 Å². The van der Waals surface area contributed by atoms with E-state index < -0.39 is 42.2 Å². The Balaban J connectivity index is 1.80. The van der Waals surface area contributed by atoms with E-state index in [1.807, 2.05) is 0 Å². The van der Waals surface area contributed by atoms with Crippen molar-refractivity contribution >= 4 is 22.8 Å². The summed E-state index contributed by atoms with van der Waals surface area (Å²) in [6.07, 6.45) is -8.44. The van der Waals surface area contributed by atoms with Gasteiger partial charge in [0.1, 0.15) is 12.3 Å². The van der Waals surface area contributed by atoms with E-state index in [0.29, 0.717) is 11.1 Å². The molecule has 2 fully saturated rings. The SMILES string of the molecule is O=C(c1c(OC(=O)C(F)(F)F)c2cc(OC[C@H]3CCCNC3)ccc2n1CC(F)(F)F)N1CCOCC1. The molecule has 1 N–H and O–H groups in total. The molecule has 37 heavy (non-hydrogen) atoms. The molecule has 1 amide bonds. The molecule has 204 valence electrons. The number of amides is 1. The van der Waals surface area contributed by atoms with Crippen LogP contribution in [0.2, 0.25) is 0 Å². The molecule has 4 rings (SSSR count). The Bertz CT molecular complexity index is 1130. The van der Waals surface area contributed by atoms with Gasteiger partial charge in [-0.05, 0) is 37.6 Å². The highest BCUT2D eigenvalue weighted by molar-refractivity contribution is 6.05. The lowest BCUT2D eigenvalue weighted by molar-refractivity contribution is -0.189. The Labute approximate surface area is 207 Å².